The molecule has 4 nitrogen and oxygen atoms in total. The van der Waals surface area contributed by atoms with Crippen LogP contribution in [0.1, 0.15) is 6.42 Å². The van der Waals surface area contributed by atoms with Gasteiger partial charge in [0.1, 0.15) is 6.04 Å². The molecule has 4 heteroatoms. The van der Waals surface area contributed by atoms with Crippen LogP contribution in [0.3, 0.4) is 0 Å². The third-order valence-corrected chi connectivity index (χ3v) is 1.79. The minimum absolute atomic E-state index is 0.0468. The first-order valence-corrected chi connectivity index (χ1v) is 3.80. The van der Waals surface area contributed by atoms with E-state index >= 15 is 0 Å². The van der Waals surface area contributed by atoms with Gasteiger partial charge in [-0.25, -0.2) is 0 Å². The maximum atomic E-state index is 11.3. The molecule has 0 aromatic rings. The molecule has 1 unspecified atom stereocenters. The Morgan fingerprint density at radius 2 is 2.42 bits per heavy atom. The lowest BCUT2D eigenvalue weighted by Gasteiger charge is -2.28. The maximum Gasteiger partial charge on any atom is 0.245 e. The number of likely N-dealkylation sites (N-methyl/N-ethyl adjacent to an activating group) is 1. The summed E-state index contributed by atoms with van der Waals surface area (Å²) in [6.45, 7) is 3.68. The third kappa shape index (κ3) is 1.64. The largest absolute Gasteiger partial charge is 0.342 e. The van der Waals surface area contributed by atoms with Crippen LogP contribution in [0.5, 0.6) is 0 Å². The molecule has 2 amide bonds. The van der Waals surface area contributed by atoms with E-state index in [1.54, 1.807) is 13.1 Å². The van der Waals surface area contributed by atoms with Gasteiger partial charge in [-0.1, -0.05) is 6.08 Å². The molecule has 1 aliphatic heterocycles. The first kappa shape index (κ1) is 8.77. The molecule has 0 spiro atoms. The predicted molar refractivity (Wildman–Crippen MR) is 44.4 cm³/mol. The van der Waals surface area contributed by atoms with Gasteiger partial charge in [-0.3, -0.25) is 9.59 Å². The summed E-state index contributed by atoms with van der Waals surface area (Å²) >= 11 is 0. The fourth-order valence-electron chi connectivity index (χ4n) is 1.19. The number of carbonyl (C=O) groups is 2. The number of hydrogen-bond donors (Lipinski definition) is 1. The fourth-order valence-corrected chi connectivity index (χ4v) is 1.19. The Hall–Kier alpha value is -1.32. The van der Waals surface area contributed by atoms with Gasteiger partial charge in [0.15, 0.2) is 0 Å². The van der Waals surface area contributed by atoms with Crippen LogP contribution in [0.15, 0.2) is 12.7 Å². The average Bonchev–Trinajstić information content (AvgIpc) is 2.00. The summed E-state index contributed by atoms with van der Waals surface area (Å²) in [4.78, 5) is 23.7. The van der Waals surface area contributed by atoms with Crippen LogP contribution in [0, 0.1) is 0 Å². The van der Waals surface area contributed by atoms with Crippen molar-refractivity contribution in [1.29, 1.82) is 0 Å². The van der Waals surface area contributed by atoms with Gasteiger partial charge >= 0.3 is 0 Å². The standard InChI is InChI=1S/C8H12N2O2/c1-3-4-6-8(12)10(2)5-7(11)9-6/h3,6H,1,4-5H2,2H3,(H,9,11). The molecule has 0 aromatic heterocycles. The third-order valence-electron chi connectivity index (χ3n) is 1.79. The number of piperazine rings is 1. The number of amides is 2. The van der Waals surface area contributed by atoms with E-state index in [0.29, 0.717) is 6.42 Å². The Morgan fingerprint density at radius 3 is 3.00 bits per heavy atom. The molecule has 0 aromatic carbocycles. The normalized spacial score (nSPS) is 23.8. The van der Waals surface area contributed by atoms with E-state index < -0.39 is 6.04 Å². The second kappa shape index (κ2) is 3.38. The molecule has 1 rings (SSSR count). The van der Waals surface area contributed by atoms with E-state index in [0.717, 1.165) is 0 Å². The molecule has 12 heavy (non-hydrogen) atoms. The quantitative estimate of drug-likeness (QED) is 0.566. The van der Waals surface area contributed by atoms with Crippen molar-refractivity contribution >= 4 is 11.8 Å². The summed E-state index contributed by atoms with van der Waals surface area (Å²) in [5.74, 6) is -0.154. The number of nitrogens with zero attached hydrogens (tertiary/aromatic N) is 1. The SMILES string of the molecule is C=CCC1NC(=O)CN(C)C1=O. The molecular formula is C8H12N2O2. The van der Waals surface area contributed by atoms with Crippen LogP contribution in [0.2, 0.25) is 0 Å². The summed E-state index contributed by atoms with van der Waals surface area (Å²) in [5.41, 5.74) is 0. The fraction of sp³-hybridized carbons (Fsp3) is 0.500. The lowest BCUT2D eigenvalue weighted by atomic mass is 10.1. The van der Waals surface area contributed by atoms with Crippen LogP contribution in [0.25, 0.3) is 0 Å². The number of rotatable bonds is 2. The number of carbonyl (C=O) groups excluding carboxylic acids is 2. The Balaban J connectivity index is 2.65. The van der Waals surface area contributed by atoms with Crippen molar-refractivity contribution in [2.45, 2.75) is 12.5 Å². The summed E-state index contributed by atoms with van der Waals surface area (Å²) in [6, 6.07) is -0.409. The maximum absolute atomic E-state index is 11.3. The molecule has 0 aliphatic carbocycles. The van der Waals surface area contributed by atoms with Crippen LogP contribution < -0.4 is 5.32 Å². The molecule has 0 bridgehead atoms. The highest BCUT2D eigenvalue weighted by molar-refractivity contribution is 5.94. The van der Waals surface area contributed by atoms with Crippen molar-refractivity contribution in [3.05, 3.63) is 12.7 Å². The first-order valence-electron chi connectivity index (χ1n) is 3.80. The molecule has 66 valence electrons. The monoisotopic (exact) mass is 168 g/mol. The zero-order valence-electron chi connectivity index (χ0n) is 7.04. The van der Waals surface area contributed by atoms with Gasteiger partial charge < -0.3 is 10.2 Å². The molecule has 1 N–H and O–H groups in total. The van der Waals surface area contributed by atoms with Crippen LogP contribution in [0.4, 0.5) is 0 Å². The van der Waals surface area contributed by atoms with Gasteiger partial charge in [0, 0.05) is 7.05 Å². The summed E-state index contributed by atoms with van der Waals surface area (Å²) in [6.07, 6.45) is 2.12. The highest BCUT2D eigenvalue weighted by atomic mass is 16.2. The summed E-state index contributed by atoms with van der Waals surface area (Å²) in [5, 5.41) is 2.60. The lowest BCUT2D eigenvalue weighted by molar-refractivity contribution is -0.142. The lowest BCUT2D eigenvalue weighted by Crippen LogP contribution is -2.56. The Labute approximate surface area is 71.2 Å². The summed E-state index contributed by atoms with van der Waals surface area (Å²) < 4.78 is 0. The van der Waals surface area contributed by atoms with Crippen molar-refractivity contribution in [2.75, 3.05) is 13.6 Å². The molecule has 0 radical (unpaired) electrons. The van der Waals surface area contributed by atoms with E-state index in [1.165, 1.54) is 4.90 Å². The highest BCUT2D eigenvalue weighted by Gasteiger charge is 2.28. The second-order valence-corrected chi connectivity index (χ2v) is 2.84. The van der Waals surface area contributed by atoms with Crippen molar-refractivity contribution in [1.82, 2.24) is 10.2 Å². The molecule has 1 heterocycles. The van der Waals surface area contributed by atoms with Gasteiger partial charge in [-0.2, -0.15) is 0 Å². The molecular weight excluding hydrogens is 156 g/mol. The first-order chi connectivity index (χ1) is 5.65. The number of hydrogen-bond acceptors (Lipinski definition) is 2. The Morgan fingerprint density at radius 1 is 1.75 bits per heavy atom. The average molecular weight is 168 g/mol. The van der Waals surface area contributed by atoms with Gasteiger partial charge in [-0.05, 0) is 6.42 Å². The van der Waals surface area contributed by atoms with Crippen molar-refractivity contribution in [2.24, 2.45) is 0 Å². The van der Waals surface area contributed by atoms with Gasteiger partial charge in [0.05, 0.1) is 6.54 Å². The van der Waals surface area contributed by atoms with Crippen LogP contribution >= 0.6 is 0 Å². The Bertz CT molecular complexity index is 225. The summed E-state index contributed by atoms with van der Waals surface area (Å²) in [7, 11) is 1.62. The Kier molecular flexibility index (Phi) is 2.47. The van der Waals surface area contributed by atoms with Gasteiger partial charge in [0.2, 0.25) is 11.8 Å². The van der Waals surface area contributed by atoms with E-state index in [1.807, 2.05) is 0 Å². The van der Waals surface area contributed by atoms with Gasteiger partial charge in [-0.15, -0.1) is 6.58 Å². The van der Waals surface area contributed by atoms with Crippen molar-refractivity contribution < 1.29 is 9.59 Å². The van der Waals surface area contributed by atoms with Crippen molar-refractivity contribution in [3.8, 4) is 0 Å². The molecule has 0 saturated carbocycles. The van der Waals surface area contributed by atoms with Crippen LogP contribution in [-0.2, 0) is 9.59 Å². The van der Waals surface area contributed by atoms with Crippen LogP contribution in [-0.4, -0.2) is 36.3 Å². The van der Waals surface area contributed by atoms with Crippen molar-refractivity contribution in [3.63, 3.8) is 0 Å². The predicted octanol–water partition coefficient (Wildman–Crippen LogP) is -0.481. The van der Waals surface area contributed by atoms with E-state index in [2.05, 4.69) is 11.9 Å². The van der Waals surface area contributed by atoms with E-state index in [-0.39, 0.29) is 18.4 Å². The topological polar surface area (TPSA) is 49.4 Å². The van der Waals surface area contributed by atoms with E-state index in [9.17, 15) is 9.59 Å². The minimum Gasteiger partial charge on any atom is -0.342 e. The zero-order valence-corrected chi connectivity index (χ0v) is 7.04. The zero-order chi connectivity index (χ0) is 9.14. The molecule has 1 fully saturated rings. The molecule has 1 saturated heterocycles. The molecule has 1 atom stereocenters. The molecule has 1 aliphatic rings. The smallest absolute Gasteiger partial charge is 0.245 e. The minimum atomic E-state index is -0.409. The number of nitrogens with one attached hydrogen (secondary N) is 1. The highest BCUT2D eigenvalue weighted by Crippen LogP contribution is 2.03. The second-order valence-electron chi connectivity index (χ2n) is 2.84. The van der Waals surface area contributed by atoms with Gasteiger partial charge in [0.25, 0.3) is 0 Å². The van der Waals surface area contributed by atoms with E-state index in [4.69, 9.17) is 0 Å².